The van der Waals surface area contributed by atoms with Gasteiger partial charge in [0.25, 0.3) is 0 Å². The van der Waals surface area contributed by atoms with Gasteiger partial charge in [-0.3, -0.25) is 0 Å². The van der Waals surface area contributed by atoms with E-state index < -0.39 is 0 Å². The second kappa shape index (κ2) is 4.60. The second-order valence-corrected chi connectivity index (χ2v) is 4.81. The van der Waals surface area contributed by atoms with Crippen molar-refractivity contribution in [3.8, 4) is 0 Å². The Morgan fingerprint density at radius 3 is 2.87 bits per heavy atom. The molecular formula is C11H14BrFN2. The highest BCUT2D eigenvalue weighted by atomic mass is 79.9. The van der Waals surface area contributed by atoms with Crippen LogP contribution in [0.4, 0.5) is 4.39 Å². The molecule has 82 valence electrons. The molecule has 4 heteroatoms. The van der Waals surface area contributed by atoms with E-state index in [2.05, 4.69) is 21.2 Å². The lowest BCUT2D eigenvalue weighted by atomic mass is 10.1. The normalized spacial score (nSPS) is 17.8. The van der Waals surface area contributed by atoms with Gasteiger partial charge in [0.15, 0.2) is 0 Å². The molecule has 2 nitrogen and oxygen atoms in total. The summed E-state index contributed by atoms with van der Waals surface area (Å²) in [6.45, 7) is 0.421. The van der Waals surface area contributed by atoms with Crippen LogP contribution >= 0.6 is 15.9 Å². The third-order valence-corrected chi connectivity index (χ3v) is 3.08. The van der Waals surface area contributed by atoms with E-state index in [0.29, 0.717) is 18.2 Å². The maximum absolute atomic E-state index is 13.6. The Hall–Kier alpha value is -0.450. The van der Waals surface area contributed by atoms with E-state index in [1.54, 1.807) is 12.1 Å². The molecule has 1 aliphatic rings. The minimum absolute atomic E-state index is 0.0741. The summed E-state index contributed by atoms with van der Waals surface area (Å²) in [5.74, 6) is -0.193. The molecule has 1 fully saturated rings. The highest BCUT2D eigenvalue weighted by molar-refractivity contribution is 9.10. The molecule has 1 saturated carbocycles. The molecule has 15 heavy (non-hydrogen) atoms. The number of hydrogen-bond acceptors (Lipinski definition) is 2. The van der Waals surface area contributed by atoms with E-state index in [1.807, 2.05) is 0 Å². The predicted molar refractivity (Wildman–Crippen MR) is 62.1 cm³/mol. The van der Waals surface area contributed by atoms with Crippen molar-refractivity contribution in [3.63, 3.8) is 0 Å². The summed E-state index contributed by atoms with van der Waals surface area (Å²) in [6, 6.07) is 5.41. The van der Waals surface area contributed by atoms with Crippen LogP contribution in [0.25, 0.3) is 0 Å². The molecule has 1 unspecified atom stereocenters. The van der Waals surface area contributed by atoms with Crippen LogP contribution in [0, 0.1) is 5.82 Å². The monoisotopic (exact) mass is 272 g/mol. The Labute approximate surface area is 97.2 Å². The molecule has 2 rings (SSSR count). The molecule has 0 heterocycles. The maximum atomic E-state index is 13.6. The van der Waals surface area contributed by atoms with Crippen molar-refractivity contribution in [1.82, 2.24) is 5.32 Å². The van der Waals surface area contributed by atoms with Gasteiger partial charge in [-0.15, -0.1) is 0 Å². The lowest BCUT2D eigenvalue weighted by Crippen LogP contribution is -2.30. The third kappa shape index (κ3) is 2.77. The Kier molecular flexibility index (Phi) is 3.38. The molecule has 0 amide bonds. The Balaban J connectivity index is 2.19. The topological polar surface area (TPSA) is 38.0 Å². The van der Waals surface area contributed by atoms with Crippen LogP contribution in [0.5, 0.6) is 0 Å². The summed E-state index contributed by atoms with van der Waals surface area (Å²) >= 11 is 3.34. The number of rotatable bonds is 4. The molecule has 1 aromatic rings. The Bertz CT molecular complexity index is 352. The summed E-state index contributed by atoms with van der Waals surface area (Å²) in [7, 11) is 0. The van der Waals surface area contributed by atoms with Crippen molar-refractivity contribution in [2.45, 2.75) is 24.9 Å². The number of nitrogens with one attached hydrogen (secondary N) is 1. The van der Waals surface area contributed by atoms with E-state index in [9.17, 15) is 4.39 Å². The zero-order chi connectivity index (χ0) is 10.8. The van der Waals surface area contributed by atoms with Crippen LogP contribution in [0.15, 0.2) is 22.7 Å². The fraction of sp³-hybridized carbons (Fsp3) is 0.455. The first-order chi connectivity index (χ1) is 7.20. The Morgan fingerprint density at radius 2 is 2.27 bits per heavy atom. The van der Waals surface area contributed by atoms with Gasteiger partial charge >= 0.3 is 0 Å². The van der Waals surface area contributed by atoms with Crippen LogP contribution in [0.2, 0.25) is 0 Å². The average molecular weight is 273 g/mol. The van der Waals surface area contributed by atoms with Crippen LogP contribution in [0.3, 0.4) is 0 Å². The summed E-state index contributed by atoms with van der Waals surface area (Å²) in [5.41, 5.74) is 6.31. The zero-order valence-electron chi connectivity index (χ0n) is 8.34. The first kappa shape index (κ1) is 11.0. The van der Waals surface area contributed by atoms with E-state index in [0.717, 1.165) is 4.47 Å². The highest BCUT2D eigenvalue weighted by Crippen LogP contribution is 2.26. The SMILES string of the molecule is NCC(NC1CC1)c1cc(Br)ccc1F. The molecule has 0 aromatic heterocycles. The molecule has 1 aliphatic carbocycles. The lowest BCUT2D eigenvalue weighted by Gasteiger charge is -2.17. The summed E-state index contributed by atoms with van der Waals surface area (Å²) in [4.78, 5) is 0. The van der Waals surface area contributed by atoms with Gasteiger partial charge in [0.1, 0.15) is 5.82 Å². The van der Waals surface area contributed by atoms with Crippen molar-refractivity contribution < 1.29 is 4.39 Å². The van der Waals surface area contributed by atoms with Crippen LogP contribution in [-0.2, 0) is 0 Å². The molecule has 0 saturated heterocycles. The molecule has 0 bridgehead atoms. The molecule has 0 aliphatic heterocycles. The number of benzene rings is 1. The van der Waals surface area contributed by atoms with E-state index in [1.165, 1.54) is 18.9 Å². The van der Waals surface area contributed by atoms with Crippen molar-refractivity contribution >= 4 is 15.9 Å². The van der Waals surface area contributed by atoms with E-state index >= 15 is 0 Å². The number of hydrogen-bond donors (Lipinski definition) is 2. The molecule has 0 spiro atoms. The number of nitrogens with two attached hydrogens (primary N) is 1. The first-order valence-corrected chi connectivity index (χ1v) is 5.91. The minimum Gasteiger partial charge on any atom is -0.329 e. The smallest absolute Gasteiger partial charge is 0.128 e. The van der Waals surface area contributed by atoms with Gasteiger partial charge in [0.05, 0.1) is 0 Å². The van der Waals surface area contributed by atoms with Gasteiger partial charge in [-0.1, -0.05) is 15.9 Å². The third-order valence-electron chi connectivity index (χ3n) is 2.58. The van der Waals surface area contributed by atoms with Crippen LogP contribution in [0.1, 0.15) is 24.4 Å². The summed E-state index contributed by atoms with van der Waals surface area (Å²) in [6.07, 6.45) is 2.35. The first-order valence-electron chi connectivity index (χ1n) is 5.12. The van der Waals surface area contributed by atoms with Crippen LogP contribution < -0.4 is 11.1 Å². The van der Waals surface area contributed by atoms with Gasteiger partial charge in [0, 0.05) is 28.7 Å². The van der Waals surface area contributed by atoms with E-state index in [-0.39, 0.29) is 11.9 Å². The fourth-order valence-corrected chi connectivity index (χ4v) is 1.98. The van der Waals surface area contributed by atoms with Crippen LogP contribution in [-0.4, -0.2) is 12.6 Å². The largest absolute Gasteiger partial charge is 0.329 e. The van der Waals surface area contributed by atoms with Crippen molar-refractivity contribution in [3.05, 3.63) is 34.1 Å². The lowest BCUT2D eigenvalue weighted by molar-refractivity contribution is 0.503. The molecule has 1 aromatic carbocycles. The van der Waals surface area contributed by atoms with Crippen molar-refractivity contribution in [2.24, 2.45) is 5.73 Å². The van der Waals surface area contributed by atoms with Gasteiger partial charge in [0.2, 0.25) is 0 Å². The second-order valence-electron chi connectivity index (χ2n) is 3.90. The van der Waals surface area contributed by atoms with Gasteiger partial charge < -0.3 is 11.1 Å². The Morgan fingerprint density at radius 1 is 1.53 bits per heavy atom. The molecule has 3 N–H and O–H groups in total. The molecular weight excluding hydrogens is 259 g/mol. The fourth-order valence-electron chi connectivity index (χ4n) is 1.60. The predicted octanol–water partition coefficient (Wildman–Crippen LogP) is 2.34. The maximum Gasteiger partial charge on any atom is 0.128 e. The highest BCUT2D eigenvalue weighted by Gasteiger charge is 2.25. The van der Waals surface area contributed by atoms with Gasteiger partial charge in [-0.2, -0.15) is 0 Å². The molecule has 1 atom stereocenters. The number of halogens is 2. The van der Waals surface area contributed by atoms with E-state index in [4.69, 9.17) is 5.73 Å². The summed E-state index contributed by atoms with van der Waals surface area (Å²) < 4.78 is 14.4. The van der Waals surface area contributed by atoms with Crippen molar-refractivity contribution in [2.75, 3.05) is 6.54 Å². The standard InChI is InChI=1S/C11H14BrFN2/c12-7-1-4-10(13)9(5-7)11(6-14)15-8-2-3-8/h1,4-5,8,11,15H,2-3,6,14H2. The zero-order valence-corrected chi connectivity index (χ0v) is 9.93. The quantitative estimate of drug-likeness (QED) is 0.883. The summed E-state index contributed by atoms with van der Waals surface area (Å²) in [5, 5.41) is 3.34. The van der Waals surface area contributed by atoms with Gasteiger partial charge in [-0.05, 0) is 31.0 Å². The van der Waals surface area contributed by atoms with Crippen molar-refractivity contribution in [1.29, 1.82) is 0 Å². The average Bonchev–Trinajstić information content (AvgIpc) is 3.02. The van der Waals surface area contributed by atoms with Gasteiger partial charge in [-0.25, -0.2) is 4.39 Å². The molecule has 0 radical (unpaired) electrons. The minimum atomic E-state index is -0.193.